The fraction of sp³-hybridized carbons (Fsp3) is 0.500. The zero-order chi connectivity index (χ0) is 15.0. The maximum Gasteiger partial charge on any atom is 0.252 e. The molecule has 0 aliphatic carbocycles. The summed E-state index contributed by atoms with van der Waals surface area (Å²) in [6, 6.07) is 7.69. The van der Waals surface area contributed by atoms with Crippen LogP contribution in [0.1, 0.15) is 22.3 Å². The van der Waals surface area contributed by atoms with E-state index in [1.807, 2.05) is 24.3 Å². The molecule has 21 heavy (non-hydrogen) atoms. The first kappa shape index (κ1) is 14.1. The van der Waals surface area contributed by atoms with Crippen LogP contribution in [0.25, 0.3) is 0 Å². The van der Waals surface area contributed by atoms with Crippen molar-refractivity contribution in [1.82, 2.24) is 15.5 Å². The molecule has 3 rings (SSSR count). The molecule has 5 heteroatoms. The van der Waals surface area contributed by atoms with E-state index in [0.29, 0.717) is 13.1 Å². The molecule has 2 N–H and O–H groups in total. The number of hydrogen-bond donors (Lipinski definition) is 2. The summed E-state index contributed by atoms with van der Waals surface area (Å²) in [4.78, 5) is 26.6. The molecule has 1 aromatic carbocycles. The summed E-state index contributed by atoms with van der Waals surface area (Å²) < 4.78 is 0. The van der Waals surface area contributed by atoms with Gasteiger partial charge in [-0.25, -0.2) is 0 Å². The molecule has 0 radical (unpaired) electrons. The highest BCUT2D eigenvalue weighted by atomic mass is 16.2. The molecule has 112 valence electrons. The fourth-order valence-electron chi connectivity index (χ4n) is 3.46. The van der Waals surface area contributed by atoms with E-state index in [0.717, 1.165) is 24.0 Å². The molecule has 1 aromatic rings. The number of nitrogens with zero attached hydrogens (tertiary/aromatic N) is 1. The number of carbonyl (C=O) groups excluding carboxylic acids is 2. The Labute approximate surface area is 124 Å². The predicted octanol–water partition coefficient (Wildman–Crippen LogP) is 0.409. The highest BCUT2D eigenvalue weighted by molar-refractivity contribution is 5.97. The van der Waals surface area contributed by atoms with E-state index in [9.17, 15) is 9.59 Å². The van der Waals surface area contributed by atoms with Gasteiger partial charge < -0.3 is 15.5 Å². The molecular weight excluding hydrogens is 266 g/mol. The maximum absolute atomic E-state index is 12.5. The zero-order valence-corrected chi connectivity index (χ0v) is 12.5. The minimum atomic E-state index is -0.475. The van der Waals surface area contributed by atoms with Crippen LogP contribution in [0.15, 0.2) is 24.3 Å². The number of benzene rings is 1. The van der Waals surface area contributed by atoms with E-state index < -0.39 is 5.54 Å². The standard InChI is InChI=1S/C16H21N3O2/c1-19(2)15(21)13-9-17-10-16(13)8-7-11-5-3-4-6-12(11)14(20)18-16/h3-6,13,17H,7-10H2,1-2H3,(H,18,20). The third kappa shape index (κ3) is 2.31. The largest absolute Gasteiger partial charge is 0.348 e. The quantitative estimate of drug-likeness (QED) is 0.786. The first-order chi connectivity index (χ1) is 10.0. The Kier molecular flexibility index (Phi) is 3.45. The number of hydrogen-bond acceptors (Lipinski definition) is 3. The van der Waals surface area contributed by atoms with Crippen LogP contribution in [0.3, 0.4) is 0 Å². The molecule has 1 saturated heterocycles. The maximum atomic E-state index is 12.5. The summed E-state index contributed by atoms with van der Waals surface area (Å²) in [7, 11) is 3.53. The molecular formula is C16H21N3O2. The SMILES string of the molecule is CN(C)C(=O)C1CNCC12CCc1ccccc1C(=O)N2. The highest BCUT2D eigenvalue weighted by Crippen LogP contribution is 2.32. The van der Waals surface area contributed by atoms with Gasteiger partial charge >= 0.3 is 0 Å². The number of aryl methyl sites for hydroxylation is 1. The van der Waals surface area contributed by atoms with Crippen molar-refractivity contribution in [2.24, 2.45) is 5.92 Å². The van der Waals surface area contributed by atoms with Crippen molar-refractivity contribution in [2.45, 2.75) is 18.4 Å². The van der Waals surface area contributed by atoms with E-state index in [1.54, 1.807) is 19.0 Å². The van der Waals surface area contributed by atoms with Gasteiger partial charge in [-0.2, -0.15) is 0 Å². The monoisotopic (exact) mass is 287 g/mol. The Balaban J connectivity index is 1.93. The Bertz CT molecular complexity index is 585. The van der Waals surface area contributed by atoms with Crippen LogP contribution in [0.4, 0.5) is 0 Å². The second kappa shape index (κ2) is 5.15. The van der Waals surface area contributed by atoms with E-state index >= 15 is 0 Å². The van der Waals surface area contributed by atoms with Gasteiger partial charge in [-0.1, -0.05) is 18.2 Å². The molecule has 2 aliphatic rings. The van der Waals surface area contributed by atoms with Crippen LogP contribution in [-0.4, -0.2) is 49.4 Å². The molecule has 0 bridgehead atoms. The van der Waals surface area contributed by atoms with Gasteiger partial charge in [0.25, 0.3) is 5.91 Å². The average Bonchev–Trinajstić information content (AvgIpc) is 2.81. The summed E-state index contributed by atoms with van der Waals surface area (Å²) in [6.45, 7) is 1.27. The molecule has 0 saturated carbocycles. The van der Waals surface area contributed by atoms with Crippen LogP contribution in [0, 0.1) is 5.92 Å². The Morgan fingerprint density at radius 3 is 2.86 bits per heavy atom. The van der Waals surface area contributed by atoms with Crippen LogP contribution in [-0.2, 0) is 11.2 Å². The molecule has 2 heterocycles. The van der Waals surface area contributed by atoms with Crippen molar-refractivity contribution in [3.63, 3.8) is 0 Å². The van der Waals surface area contributed by atoms with Gasteiger partial charge in [0.15, 0.2) is 0 Å². The number of nitrogens with one attached hydrogen (secondary N) is 2. The number of fused-ring (bicyclic) bond motifs is 1. The molecule has 2 unspecified atom stereocenters. The first-order valence-electron chi connectivity index (χ1n) is 7.36. The van der Waals surface area contributed by atoms with Crippen LogP contribution in [0.5, 0.6) is 0 Å². The van der Waals surface area contributed by atoms with Gasteiger partial charge in [-0.15, -0.1) is 0 Å². The minimum absolute atomic E-state index is 0.0663. The van der Waals surface area contributed by atoms with E-state index in [-0.39, 0.29) is 17.7 Å². The minimum Gasteiger partial charge on any atom is -0.348 e. The Morgan fingerprint density at radius 1 is 1.33 bits per heavy atom. The van der Waals surface area contributed by atoms with E-state index in [1.165, 1.54) is 0 Å². The molecule has 1 fully saturated rings. The highest BCUT2D eigenvalue weighted by Gasteiger charge is 2.49. The molecule has 0 aromatic heterocycles. The van der Waals surface area contributed by atoms with Gasteiger partial charge in [0, 0.05) is 32.7 Å². The lowest BCUT2D eigenvalue weighted by atomic mass is 9.82. The normalized spacial score (nSPS) is 27.9. The van der Waals surface area contributed by atoms with Crippen LogP contribution < -0.4 is 10.6 Å². The van der Waals surface area contributed by atoms with E-state index in [2.05, 4.69) is 10.6 Å². The van der Waals surface area contributed by atoms with Gasteiger partial charge in [0.2, 0.25) is 5.91 Å². The fourth-order valence-corrected chi connectivity index (χ4v) is 3.46. The first-order valence-corrected chi connectivity index (χ1v) is 7.36. The number of carbonyl (C=O) groups is 2. The van der Waals surface area contributed by atoms with Crippen molar-refractivity contribution in [2.75, 3.05) is 27.2 Å². The predicted molar refractivity (Wildman–Crippen MR) is 80.0 cm³/mol. The zero-order valence-electron chi connectivity index (χ0n) is 12.5. The third-order valence-electron chi connectivity index (χ3n) is 4.66. The Hall–Kier alpha value is -1.88. The Morgan fingerprint density at radius 2 is 2.10 bits per heavy atom. The van der Waals surface area contributed by atoms with Gasteiger partial charge in [0.05, 0.1) is 11.5 Å². The number of rotatable bonds is 1. The number of amides is 2. The van der Waals surface area contributed by atoms with Crippen LogP contribution in [0.2, 0.25) is 0 Å². The third-order valence-corrected chi connectivity index (χ3v) is 4.66. The molecule has 2 atom stereocenters. The van der Waals surface area contributed by atoms with Crippen molar-refractivity contribution in [3.8, 4) is 0 Å². The van der Waals surface area contributed by atoms with Gasteiger partial charge in [0.1, 0.15) is 0 Å². The van der Waals surface area contributed by atoms with Crippen molar-refractivity contribution in [1.29, 1.82) is 0 Å². The molecule has 5 nitrogen and oxygen atoms in total. The summed E-state index contributed by atoms with van der Waals surface area (Å²) in [5.41, 5.74) is 1.32. The lowest BCUT2D eigenvalue weighted by Gasteiger charge is -2.34. The lowest BCUT2D eigenvalue weighted by molar-refractivity contribution is -0.134. The van der Waals surface area contributed by atoms with Gasteiger partial charge in [-0.3, -0.25) is 9.59 Å². The summed E-state index contributed by atoms with van der Waals surface area (Å²) >= 11 is 0. The molecule has 1 spiro atoms. The molecule has 2 amide bonds. The summed E-state index contributed by atoms with van der Waals surface area (Å²) in [5.74, 6) is -0.194. The molecule has 2 aliphatic heterocycles. The van der Waals surface area contributed by atoms with Crippen molar-refractivity contribution >= 4 is 11.8 Å². The second-order valence-electron chi connectivity index (χ2n) is 6.18. The van der Waals surface area contributed by atoms with Crippen LogP contribution >= 0.6 is 0 Å². The summed E-state index contributed by atoms with van der Waals surface area (Å²) in [5, 5.41) is 6.43. The van der Waals surface area contributed by atoms with Crippen molar-refractivity contribution in [3.05, 3.63) is 35.4 Å². The summed E-state index contributed by atoms with van der Waals surface area (Å²) in [6.07, 6.45) is 1.60. The van der Waals surface area contributed by atoms with Gasteiger partial charge in [-0.05, 0) is 24.5 Å². The average molecular weight is 287 g/mol. The van der Waals surface area contributed by atoms with Crippen molar-refractivity contribution < 1.29 is 9.59 Å². The topological polar surface area (TPSA) is 61.4 Å². The second-order valence-corrected chi connectivity index (χ2v) is 6.18. The van der Waals surface area contributed by atoms with E-state index in [4.69, 9.17) is 0 Å². The lowest BCUT2D eigenvalue weighted by Crippen LogP contribution is -2.57. The smallest absolute Gasteiger partial charge is 0.252 e.